The van der Waals surface area contributed by atoms with Gasteiger partial charge in [-0.25, -0.2) is 4.79 Å². The SMILES string of the molecule is CCCc1c(C(=O)O)ccn1Cc1c(C)noc1C. The molecule has 2 aromatic rings. The Morgan fingerprint density at radius 3 is 2.74 bits per heavy atom. The molecular weight excluding hydrogens is 244 g/mol. The van der Waals surface area contributed by atoms with Gasteiger partial charge in [0.2, 0.25) is 0 Å². The number of carbonyl (C=O) groups is 1. The van der Waals surface area contributed by atoms with Crippen molar-refractivity contribution in [3.05, 3.63) is 40.5 Å². The monoisotopic (exact) mass is 262 g/mol. The maximum absolute atomic E-state index is 11.2. The second kappa shape index (κ2) is 5.30. The quantitative estimate of drug-likeness (QED) is 0.899. The van der Waals surface area contributed by atoms with Crippen LogP contribution in [0.5, 0.6) is 0 Å². The van der Waals surface area contributed by atoms with Crippen molar-refractivity contribution < 1.29 is 14.4 Å². The Morgan fingerprint density at radius 2 is 2.21 bits per heavy atom. The molecule has 2 aromatic heterocycles. The lowest BCUT2D eigenvalue weighted by Gasteiger charge is -2.09. The predicted molar refractivity (Wildman–Crippen MR) is 70.5 cm³/mol. The first-order chi connectivity index (χ1) is 9.04. The fourth-order valence-electron chi connectivity index (χ4n) is 2.26. The Hall–Kier alpha value is -2.04. The molecule has 0 saturated heterocycles. The molecule has 0 unspecified atom stereocenters. The molecule has 0 radical (unpaired) electrons. The van der Waals surface area contributed by atoms with Crippen molar-refractivity contribution in [1.29, 1.82) is 0 Å². The number of aromatic nitrogens is 2. The smallest absolute Gasteiger partial charge is 0.337 e. The number of carboxylic acids is 1. The van der Waals surface area contributed by atoms with Crippen LogP contribution in [-0.4, -0.2) is 20.8 Å². The van der Waals surface area contributed by atoms with E-state index in [0.29, 0.717) is 12.1 Å². The van der Waals surface area contributed by atoms with Crippen LogP contribution in [0.2, 0.25) is 0 Å². The molecule has 5 nitrogen and oxygen atoms in total. The number of hydrogen-bond acceptors (Lipinski definition) is 3. The van der Waals surface area contributed by atoms with Crippen LogP contribution >= 0.6 is 0 Å². The molecule has 0 aromatic carbocycles. The molecule has 0 amide bonds. The van der Waals surface area contributed by atoms with E-state index in [1.807, 2.05) is 31.5 Å². The van der Waals surface area contributed by atoms with Crippen LogP contribution in [0.1, 0.15) is 46.4 Å². The molecule has 1 N–H and O–H groups in total. The summed E-state index contributed by atoms with van der Waals surface area (Å²) in [6, 6.07) is 1.66. The number of carboxylic acid groups (broad SMARTS) is 1. The van der Waals surface area contributed by atoms with Gasteiger partial charge in [-0.15, -0.1) is 0 Å². The van der Waals surface area contributed by atoms with Crippen LogP contribution < -0.4 is 0 Å². The highest BCUT2D eigenvalue weighted by molar-refractivity contribution is 5.89. The molecular formula is C14H18N2O3. The van der Waals surface area contributed by atoms with Crippen molar-refractivity contribution in [2.45, 2.75) is 40.2 Å². The summed E-state index contributed by atoms with van der Waals surface area (Å²) in [7, 11) is 0. The summed E-state index contributed by atoms with van der Waals surface area (Å²) in [6.07, 6.45) is 3.48. The van der Waals surface area contributed by atoms with Crippen LogP contribution in [0.15, 0.2) is 16.8 Å². The van der Waals surface area contributed by atoms with Gasteiger partial charge in [-0.2, -0.15) is 0 Å². The lowest BCUT2D eigenvalue weighted by molar-refractivity contribution is 0.0695. The van der Waals surface area contributed by atoms with E-state index in [0.717, 1.165) is 35.6 Å². The summed E-state index contributed by atoms with van der Waals surface area (Å²) in [4.78, 5) is 11.2. The molecule has 5 heteroatoms. The highest BCUT2D eigenvalue weighted by Crippen LogP contribution is 2.19. The second-order valence-corrected chi connectivity index (χ2v) is 4.66. The van der Waals surface area contributed by atoms with Crippen LogP contribution in [0.3, 0.4) is 0 Å². The Kier molecular flexibility index (Phi) is 3.74. The second-order valence-electron chi connectivity index (χ2n) is 4.66. The van der Waals surface area contributed by atoms with E-state index in [4.69, 9.17) is 4.52 Å². The van der Waals surface area contributed by atoms with Gasteiger partial charge in [-0.3, -0.25) is 0 Å². The summed E-state index contributed by atoms with van der Waals surface area (Å²) < 4.78 is 7.11. The van der Waals surface area contributed by atoms with Crippen molar-refractivity contribution in [3.8, 4) is 0 Å². The Morgan fingerprint density at radius 1 is 1.47 bits per heavy atom. The topological polar surface area (TPSA) is 68.3 Å². The average molecular weight is 262 g/mol. The van der Waals surface area contributed by atoms with E-state index in [1.54, 1.807) is 6.07 Å². The van der Waals surface area contributed by atoms with Crippen LogP contribution in [0.4, 0.5) is 0 Å². The maximum atomic E-state index is 11.2. The van der Waals surface area contributed by atoms with Gasteiger partial charge in [-0.1, -0.05) is 18.5 Å². The first-order valence-corrected chi connectivity index (χ1v) is 6.37. The normalized spacial score (nSPS) is 10.9. The Bertz CT molecular complexity index is 576. The van der Waals surface area contributed by atoms with E-state index in [2.05, 4.69) is 5.16 Å². The van der Waals surface area contributed by atoms with E-state index in [9.17, 15) is 9.90 Å². The van der Waals surface area contributed by atoms with Crippen molar-refractivity contribution in [2.75, 3.05) is 0 Å². The summed E-state index contributed by atoms with van der Waals surface area (Å²) in [5.41, 5.74) is 3.11. The number of hydrogen-bond donors (Lipinski definition) is 1. The first-order valence-electron chi connectivity index (χ1n) is 6.37. The van der Waals surface area contributed by atoms with Crippen molar-refractivity contribution in [1.82, 2.24) is 9.72 Å². The highest BCUT2D eigenvalue weighted by Gasteiger charge is 2.17. The molecule has 2 rings (SSSR count). The van der Waals surface area contributed by atoms with Gasteiger partial charge in [-0.05, 0) is 26.3 Å². The van der Waals surface area contributed by atoms with Crippen LogP contribution in [0, 0.1) is 13.8 Å². The zero-order valence-corrected chi connectivity index (χ0v) is 11.4. The average Bonchev–Trinajstić information content (AvgIpc) is 2.89. The molecule has 0 aliphatic carbocycles. The van der Waals surface area contributed by atoms with Crippen molar-refractivity contribution in [2.24, 2.45) is 0 Å². The van der Waals surface area contributed by atoms with Crippen LogP contribution in [-0.2, 0) is 13.0 Å². The van der Waals surface area contributed by atoms with Crippen LogP contribution in [0.25, 0.3) is 0 Å². The van der Waals surface area contributed by atoms with Gasteiger partial charge < -0.3 is 14.2 Å². The standard InChI is InChI=1S/C14H18N2O3/c1-4-5-13-11(14(17)18)6-7-16(13)8-12-9(2)15-19-10(12)3/h6-7H,4-5,8H2,1-3H3,(H,17,18). The summed E-state index contributed by atoms with van der Waals surface area (Å²) in [6.45, 7) is 6.41. The predicted octanol–water partition coefficient (Wildman–Crippen LogP) is 2.79. The number of aromatic carboxylic acids is 1. The van der Waals surface area contributed by atoms with Gasteiger partial charge in [0.15, 0.2) is 0 Å². The van der Waals surface area contributed by atoms with Crippen molar-refractivity contribution >= 4 is 5.97 Å². The molecule has 0 bridgehead atoms. The third kappa shape index (κ3) is 2.54. The van der Waals surface area contributed by atoms with Gasteiger partial charge in [0.25, 0.3) is 0 Å². The molecule has 0 spiro atoms. The Labute approximate surface area is 111 Å². The molecule has 0 saturated carbocycles. The van der Waals surface area contributed by atoms with Gasteiger partial charge in [0.05, 0.1) is 17.8 Å². The third-order valence-corrected chi connectivity index (χ3v) is 3.31. The minimum absolute atomic E-state index is 0.383. The first kappa shape index (κ1) is 13.4. The maximum Gasteiger partial charge on any atom is 0.337 e. The minimum Gasteiger partial charge on any atom is -0.478 e. The molecule has 19 heavy (non-hydrogen) atoms. The third-order valence-electron chi connectivity index (χ3n) is 3.31. The zero-order valence-electron chi connectivity index (χ0n) is 11.4. The molecule has 0 fully saturated rings. The fraction of sp³-hybridized carbons (Fsp3) is 0.429. The minimum atomic E-state index is -0.874. The lowest BCUT2D eigenvalue weighted by atomic mass is 10.1. The van der Waals surface area contributed by atoms with Crippen molar-refractivity contribution in [3.63, 3.8) is 0 Å². The number of nitrogens with zero attached hydrogens (tertiary/aromatic N) is 2. The fourth-order valence-corrected chi connectivity index (χ4v) is 2.26. The van der Waals surface area contributed by atoms with E-state index in [1.165, 1.54) is 0 Å². The van der Waals surface area contributed by atoms with Gasteiger partial charge in [0, 0.05) is 17.5 Å². The molecule has 0 aliphatic heterocycles. The van der Waals surface area contributed by atoms with Gasteiger partial charge in [0.1, 0.15) is 5.76 Å². The highest BCUT2D eigenvalue weighted by atomic mass is 16.5. The number of aryl methyl sites for hydroxylation is 2. The molecule has 0 aliphatic rings. The lowest BCUT2D eigenvalue weighted by Crippen LogP contribution is -2.08. The van der Waals surface area contributed by atoms with E-state index >= 15 is 0 Å². The summed E-state index contributed by atoms with van der Waals surface area (Å²) in [5.74, 6) is -0.0912. The molecule has 2 heterocycles. The largest absolute Gasteiger partial charge is 0.478 e. The van der Waals surface area contributed by atoms with Gasteiger partial charge >= 0.3 is 5.97 Å². The number of rotatable bonds is 5. The Balaban J connectivity index is 2.37. The van der Waals surface area contributed by atoms with E-state index < -0.39 is 5.97 Å². The van der Waals surface area contributed by atoms with E-state index in [-0.39, 0.29) is 0 Å². The molecule has 102 valence electrons. The zero-order chi connectivity index (χ0) is 14.0. The molecule has 0 atom stereocenters. The summed E-state index contributed by atoms with van der Waals surface area (Å²) >= 11 is 0. The summed E-state index contributed by atoms with van der Waals surface area (Å²) in [5, 5.41) is 13.1.